The maximum Gasteiger partial charge on any atom is 0.305 e. The van der Waals surface area contributed by atoms with Gasteiger partial charge in [-0.3, -0.25) is 14.4 Å². The van der Waals surface area contributed by atoms with Crippen LogP contribution < -0.4 is 20.3 Å². The summed E-state index contributed by atoms with van der Waals surface area (Å²) in [6, 6.07) is 12.6. The minimum absolute atomic E-state index is 0.0858. The molecule has 2 heterocycles. The summed E-state index contributed by atoms with van der Waals surface area (Å²) in [5, 5.41) is 13.1. The first-order valence-corrected chi connectivity index (χ1v) is 13.0. The molecule has 1 aliphatic rings. The number of aliphatic carboxylic acids is 1. The van der Waals surface area contributed by atoms with Gasteiger partial charge < -0.3 is 24.5 Å². The molecule has 4 rings (SSSR count). The first kappa shape index (κ1) is 27.3. The molecule has 0 spiro atoms. The van der Waals surface area contributed by atoms with Gasteiger partial charge in [-0.2, -0.15) is 0 Å². The van der Waals surface area contributed by atoms with Crippen molar-refractivity contribution in [1.82, 2.24) is 9.88 Å². The van der Waals surface area contributed by atoms with E-state index in [1.54, 1.807) is 36.5 Å². The second kappa shape index (κ2) is 12.2. The third-order valence-electron chi connectivity index (χ3n) is 6.53. The first-order valence-electron chi connectivity index (χ1n) is 12.6. The number of nitrogens with one attached hydrogen (secondary N) is 1. The van der Waals surface area contributed by atoms with Crippen molar-refractivity contribution in [2.75, 3.05) is 6.79 Å². The molecule has 8 nitrogen and oxygen atoms in total. The van der Waals surface area contributed by atoms with E-state index in [1.165, 1.54) is 4.57 Å². The minimum Gasteiger partial charge on any atom is -0.481 e. The Morgan fingerprint density at radius 3 is 2.55 bits per heavy atom. The smallest absolute Gasteiger partial charge is 0.305 e. The van der Waals surface area contributed by atoms with Crippen LogP contribution in [0.3, 0.4) is 0 Å². The van der Waals surface area contributed by atoms with E-state index in [0.29, 0.717) is 40.5 Å². The average molecular weight is 539 g/mol. The standard InChI is InChI=1S/C29H31ClN2O6/c1-3-4-5-24(32-16-18(2)12-21(29(32)36)13-19-6-9-22(30)10-7-19)28(35)31-23(15-27(33)34)20-8-11-25-26(14-20)38-17-37-25/h6-12,14,16,23-24H,3-5,13,15,17H2,1-2H3,(H,31,35)(H,33,34)/t23-,24?/m0/s1. The lowest BCUT2D eigenvalue weighted by Gasteiger charge is -2.24. The number of halogens is 1. The van der Waals surface area contributed by atoms with Gasteiger partial charge in [0.15, 0.2) is 11.5 Å². The van der Waals surface area contributed by atoms with Crippen LogP contribution >= 0.6 is 11.6 Å². The SMILES string of the molecule is CCCCC(C(=O)N[C@@H](CC(=O)O)c1ccc2c(c1)OCO2)n1cc(C)cc(Cc2ccc(Cl)cc2)c1=O. The molecule has 0 bridgehead atoms. The minimum atomic E-state index is -1.06. The highest BCUT2D eigenvalue weighted by molar-refractivity contribution is 6.30. The number of aryl methyl sites for hydroxylation is 1. The summed E-state index contributed by atoms with van der Waals surface area (Å²) in [6.45, 7) is 3.98. The fourth-order valence-corrected chi connectivity index (χ4v) is 4.74. The molecule has 0 saturated carbocycles. The van der Waals surface area contributed by atoms with E-state index in [2.05, 4.69) is 5.32 Å². The van der Waals surface area contributed by atoms with E-state index in [0.717, 1.165) is 24.0 Å². The monoisotopic (exact) mass is 538 g/mol. The number of fused-ring (bicyclic) bond motifs is 1. The number of nitrogens with zero attached hydrogens (tertiary/aromatic N) is 1. The topological polar surface area (TPSA) is 107 Å². The predicted octanol–water partition coefficient (Wildman–Crippen LogP) is 5.19. The summed E-state index contributed by atoms with van der Waals surface area (Å²) >= 11 is 6.01. The molecule has 1 amide bonds. The van der Waals surface area contributed by atoms with Crippen LogP contribution in [0.1, 0.15) is 66.9 Å². The fourth-order valence-electron chi connectivity index (χ4n) is 4.62. The molecule has 200 valence electrons. The third kappa shape index (κ3) is 6.55. The molecule has 0 fully saturated rings. The molecule has 3 aromatic rings. The van der Waals surface area contributed by atoms with Crippen molar-refractivity contribution in [2.24, 2.45) is 0 Å². The molecule has 2 atom stereocenters. The number of carboxylic acids is 1. The zero-order valence-electron chi connectivity index (χ0n) is 21.4. The molecule has 9 heteroatoms. The number of carbonyl (C=O) groups is 2. The van der Waals surface area contributed by atoms with Crippen LogP contribution in [0.2, 0.25) is 5.02 Å². The number of pyridine rings is 1. The zero-order valence-corrected chi connectivity index (χ0v) is 22.2. The molecule has 1 aromatic heterocycles. The summed E-state index contributed by atoms with van der Waals surface area (Å²) < 4.78 is 12.3. The molecule has 38 heavy (non-hydrogen) atoms. The van der Waals surface area contributed by atoms with E-state index in [4.69, 9.17) is 21.1 Å². The predicted molar refractivity (Wildman–Crippen MR) is 144 cm³/mol. The summed E-state index contributed by atoms with van der Waals surface area (Å²) in [6.07, 6.45) is 3.77. The molecular formula is C29H31ClN2O6. The molecule has 1 unspecified atom stereocenters. The highest BCUT2D eigenvalue weighted by Gasteiger charge is 2.27. The van der Waals surface area contributed by atoms with Crippen molar-refractivity contribution in [3.05, 3.63) is 92.4 Å². The second-order valence-electron chi connectivity index (χ2n) is 9.49. The van der Waals surface area contributed by atoms with Gasteiger partial charge in [-0.25, -0.2) is 0 Å². The molecule has 0 radical (unpaired) electrons. The van der Waals surface area contributed by atoms with Gasteiger partial charge in [0.1, 0.15) is 6.04 Å². The van der Waals surface area contributed by atoms with E-state index < -0.39 is 24.0 Å². The maximum atomic E-state index is 13.7. The largest absolute Gasteiger partial charge is 0.481 e. The van der Waals surface area contributed by atoms with Gasteiger partial charge >= 0.3 is 5.97 Å². The lowest BCUT2D eigenvalue weighted by atomic mass is 10.0. The van der Waals surface area contributed by atoms with Gasteiger partial charge in [-0.1, -0.05) is 49.6 Å². The zero-order chi connectivity index (χ0) is 27.2. The molecule has 0 saturated heterocycles. The van der Waals surface area contributed by atoms with Gasteiger partial charge in [0.05, 0.1) is 12.5 Å². The Kier molecular flexibility index (Phi) is 8.73. The van der Waals surface area contributed by atoms with Crippen LogP contribution in [0.25, 0.3) is 0 Å². The summed E-state index contributed by atoms with van der Waals surface area (Å²) in [5.74, 6) is -0.408. The normalized spacial score (nSPS) is 13.7. The Balaban J connectivity index is 1.65. The Hall–Kier alpha value is -3.78. The van der Waals surface area contributed by atoms with Gasteiger partial charge in [0, 0.05) is 23.2 Å². The Bertz CT molecular complexity index is 1370. The van der Waals surface area contributed by atoms with Crippen molar-refractivity contribution in [3.63, 3.8) is 0 Å². The number of hydrogen-bond acceptors (Lipinski definition) is 5. The lowest BCUT2D eigenvalue weighted by Crippen LogP contribution is -2.40. The van der Waals surface area contributed by atoms with Crippen LogP contribution in [-0.4, -0.2) is 28.3 Å². The van der Waals surface area contributed by atoms with Crippen molar-refractivity contribution < 1.29 is 24.2 Å². The highest BCUT2D eigenvalue weighted by atomic mass is 35.5. The lowest BCUT2D eigenvalue weighted by molar-refractivity contribution is -0.138. The van der Waals surface area contributed by atoms with Gasteiger partial charge in [0.25, 0.3) is 5.56 Å². The third-order valence-corrected chi connectivity index (χ3v) is 6.78. The van der Waals surface area contributed by atoms with Crippen molar-refractivity contribution >= 4 is 23.5 Å². The average Bonchev–Trinajstić information content (AvgIpc) is 3.35. The van der Waals surface area contributed by atoms with E-state index in [1.807, 2.05) is 32.0 Å². The van der Waals surface area contributed by atoms with E-state index in [9.17, 15) is 19.5 Å². The molecular weight excluding hydrogens is 508 g/mol. The highest BCUT2D eigenvalue weighted by Crippen LogP contribution is 2.35. The van der Waals surface area contributed by atoms with Gasteiger partial charge in [-0.05, 0) is 60.4 Å². The Morgan fingerprint density at radius 1 is 1.11 bits per heavy atom. The van der Waals surface area contributed by atoms with Crippen molar-refractivity contribution in [2.45, 2.75) is 58.0 Å². The van der Waals surface area contributed by atoms with Crippen LogP contribution in [0.15, 0.2) is 59.5 Å². The van der Waals surface area contributed by atoms with Gasteiger partial charge in [-0.15, -0.1) is 0 Å². The second-order valence-corrected chi connectivity index (χ2v) is 9.92. The summed E-state index contributed by atoms with van der Waals surface area (Å²) in [4.78, 5) is 39.0. The number of ether oxygens (including phenoxy) is 2. The van der Waals surface area contributed by atoms with Crippen LogP contribution in [0.5, 0.6) is 11.5 Å². The number of carbonyl (C=O) groups excluding carboxylic acids is 1. The number of carboxylic acid groups (broad SMARTS) is 1. The Morgan fingerprint density at radius 2 is 1.84 bits per heavy atom. The number of hydrogen-bond donors (Lipinski definition) is 2. The van der Waals surface area contributed by atoms with Crippen LogP contribution in [-0.2, 0) is 16.0 Å². The van der Waals surface area contributed by atoms with Crippen molar-refractivity contribution in [3.8, 4) is 11.5 Å². The Labute approximate surface area is 226 Å². The molecule has 0 aliphatic carbocycles. The fraction of sp³-hybridized carbons (Fsp3) is 0.345. The number of benzene rings is 2. The first-order chi connectivity index (χ1) is 18.2. The van der Waals surface area contributed by atoms with E-state index >= 15 is 0 Å². The summed E-state index contributed by atoms with van der Waals surface area (Å²) in [5.41, 5.74) is 2.68. The molecule has 2 N–H and O–H groups in total. The number of amides is 1. The van der Waals surface area contributed by atoms with Crippen molar-refractivity contribution in [1.29, 1.82) is 0 Å². The quantitative estimate of drug-likeness (QED) is 0.348. The number of aromatic nitrogens is 1. The maximum absolute atomic E-state index is 13.7. The van der Waals surface area contributed by atoms with Crippen LogP contribution in [0.4, 0.5) is 0 Å². The van der Waals surface area contributed by atoms with Gasteiger partial charge in [0.2, 0.25) is 12.7 Å². The van der Waals surface area contributed by atoms with Crippen LogP contribution in [0, 0.1) is 6.92 Å². The number of unbranched alkanes of at least 4 members (excludes halogenated alkanes) is 1. The molecule has 1 aliphatic heterocycles. The number of rotatable bonds is 11. The summed E-state index contributed by atoms with van der Waals surface area (Å²) in [7, 11) is 0. The van der Waals surface area contributed by atoms with E-state index in [-0.39, 0.29) is 18.8 Å². The molecule has 2 aromatic carbocycles.